The van der Waals surface area contributed by atoms with Gasteiger partial charge in [0.2, 0.25) is 0 Å². The van der Waals surface area contributed by atoms with Crippen molar-refractivity contribution in [2.75, 3.05) is 0 Å². The number of nitrogens with one attached hydrogen (secondary N) is 1. The number of aromatic nitrogens is 1. The summed E-state index contributed by atoms with van der Waals surface area (Å²) in [5, 5.41) is 0.960. The number of amides is 2. The summed E-state index contributed by atoms with van der Waals surface area (Å²) in [5.74, 6) is -1.14. The molecule has 2 aromatic rings. The maximum atomic E-state index is 11.8. The Balaban J connectivity index is 2.59. The van der Waals surface area contributed by atoms with Gasteiger partial charge in [0.1, 0.15) is 0 Å². The first-order chi connectivity index (χ1) is 10.2. The first-order valence-corrected chi connectivity index (χ1v) is 7.03. The number of primary amides is 2. The van der Waals surface area contributed by atoms with Gasteiger partial charge in [-0.15, -0.1) is 0 Å². The van der Waals surface area contributed by atoms with Gasteiger partial charge in [-0.2, -0.15) is 0 Å². The fraction of sp³-hybridized carbons (Fsp3) is 0.375. The molecule has 0 aliphatic rings. The lowest BCUT2D eigenvalue weighted by atomic mass is 9.73. The Bertz CT molecular complexity index is 700. The van der Waals surface area contributed by atoms with Gasteiger partial charge in [0.15, 0.2) is 6.10 Å². The second kappa shape index (κ2) is 5.71. The SMILES string of the molecule is CC(C)(C)[C@H](c1c[nH]c2ccccc12)C(OC(N)=O)C(N)=O. The summed E-state index contributed by atoms with van der Waals surface area (Å²) in [5.41, 5.74) is 12.0. The highest BCUT2D eigenvalue weighted by molar-refractivity contribution is 5.87. The molecule has 0 bridgehead atoms. The van der Waals surface area contributed by atoms with Crippen LogP contribution in [0.2, 0.25) is 0 Å². The number of aromatic amines is 1. The molecule has 0 saturated heterocycles. The first kappa shape index (κ1) is 15.9. The number of ether oxygens (including phenoxy) is 1. The van der Waals surface area contributed by atoms with Crippen LogP contribution in [0.25, 0.3) is 10.9 Å². The number of nitrogens with two attached hydrogens (primary N) is 2. The van der Waals surface area contributed by atoms with Gasteiger partial charge in [0, 0.05) is 23.0 Å². The number of hydrogen-bond acceptors (Lipinski definition) is 3. The fourth-order valence-corrected chi connectivity index (χ4v) is 2.85. The van der Waals surface area contributed by atoms with E-state index in [1.165, 1.54) is 0 Å². The van der Waals surface area contributed by atoms with Crippen molar-refractivity contribution in [3.63, 3.8) is 0 Å². The molecule has 6 heteroatoms. The van der Waals surface area contributed by atoms with Gasteiger partial charge < -0.3 is 21.2 Å². The van der Waals surface area contributed by atoms with E-state index in [4.69, 9.17) is 16.2 Å². The molecular weight excluding hydrogens is 282 g/mol. The summed E-state index contributed by atoms with van der Waals surface area (Å²) >= 11 is 0. The number of H-pyrrole nitrogens is 1. The van der Waals surface area contributed by atoms with Crippen LogP contribution in [-0.2, 0) is 9.53 Å². The molecule has 0 saturated carbocycles. The number of carbonyl (C=O) groups is 2. The lowest BCUT2D eigenvalue weighted by Crippen LogP contribution is -2.43. The Morgan fingerprint density at radius 3 is 2.36 bits per heavy atom. The van der Waals surface area contributed by atoms with E-state index in [0.717, 1.165) is 16.5 Å². The molecule has 0 aliphatic carbocycles. The van der Waals surface area contributed by atoms with E-state index in [0.29, 0.717) is 0 Å². The topological polar surface area (TPSA) is 111 Å². The van der Waals surface area contributed by atoms with E-state index in [1.807, 2.05) is 51.2 Å². The highest BCUT2D eigenvalue weighted by Gasteiger charge is 2.40. The maximum absolute atomic E-state index is 11.8. The minimum absolute atomic E-state index is 0.375. The molecular formula is C16H21N3O3. The van der Waals surface area contributed by atoms with Crippen molar-refractivity contribution < 1.29 is 14.3 Å². The van der Waals surface area contributed by atoms with Crippen LogP contribution in [0.1, 0.15) is 32.3 Å². The third-order valence-corrected chi connectivity index (χ3v) is 3.72. The molecule has 1 aromatic carbocycles. The molecule has 0 radical (unpaired) electrons. The zero-order valence-electron chi connectivity index (χ0n) is 12.9. The molecule has 2 rings (SSSR count). The van der Waals surface area contributed by atoms with Gasteiger partial charge in [0.25, 0.3) is 5.91 Å². The number of fused-ring (bicyclic) bond motifs is 1. The van der Waals surface area contributed by atoms with Crippen molar-refractivity contribution in [2.45, 2.75) is 32.8 Å². The zero-order valence-corrected chi connectivity index (χ0v) is 12.9. The van der Waals surface area contributed by atoms with Crippen molar-refractivity contribution in [2.24, 2.45) is 16.9 Å². The van der Waals surface area contributed by atoms with E-state index in [9.17, 15) is 9.59 Å². The Morgan fingerprint density at radius 1 is 1.18 bits per heavy atom. The van der Waals surface area contributed by atoms with E-state index >= 15 is 0 Å². The Hall–Kier alpha value is -2.50. The molecule has 0 spiro atoms. The van der Waals surface area contributed by atoms with Crippen LogP contribution in [0.5, 0.6) is 0 Å². The molecule has 22 heavy (non-hydrogen) atoms. The van der Waals surface area contributed by atoms with Crippen molar-refractivity contribution in [1.29, 1.82) is 0 Å². The second-order valence-electron chi connectivity index (χ2n) is 6.39. The summed E-state index contributed by atoms with van der Waals surface area (Å²) in [6.07, 6.45) is -0.324. The summed E-state index contributed by atoms with van der Waals surface area (Å²) in [6, 6.07) is 7.71. The number of rotatable bonds is 4. The normalized spacial score (nSPS) is 14.5. The monoisotopic (exact) mass is 303 g/mol. The van der Waals surface area contributed by atoms with Crippen molar-refractivity contribution >= 4 is 22.9 Å². The third kappa shape index (κ3) is 3.05. The summed E-state index contributed by atoms with van der Waals surface area (Å²) in [7, 11) is 0. The van der Waals surface area contributed by atoms with Gasteiger partial charge in [-0.3, -0.25) is 4.79 Å². The molecule has 2 atom stereocenters. The van der Waals surface area contributed by atoms with Crippen LogP contribution < -0.4 is 11.5 Å². The van der Waals surface area contributed by atoms with Crippen molar-refractivity contribution in [3.8, 4) is 0 Å². The summed E-state index contributed by atoms with van der Waals surface area (Å²) in [6.45, 7) is 5.87. The van der Waals surface area contributed by atoms with Gasteiger partial charge >= 0.3 is 6.09 Å². The Morgan fingerprint density at radius 2 is 1.82 bits per heavy atom. The molecule has 1 unspecified atom stereocenters. The average Bonchev–Trinajstić information content (AvgIpc) is 2.80. The molecule has 6 nitrogen and oxygen atoms in total. The van der Waals surface area contributed by atoms with Crippen LogP contribution in [0.3, 0.4) is 0 Å². The van der Waals surface area contributed by atoms with Gasteiger partial charge in [-0.05, 0) is 17.0 Å². The van der Waals surface area contributed by atoms with E-state index in [-0.39, 0.29) is 5.41 Å². The number of hydrogen-bond donors (Lipinski definition) is 3. The van der Waals surface area contributed by atoms with Gasteiger partial charge in [-0.1, -0.05) is 39.0 Å². The standard InChI is InChI=1S/C16H21N3O3/c1-16(2,3)12(13(14(17)20)22-15(18)21)10-8-19-11-7-5-4-6-9(10)11/h4-8,12-13,19H,1-3H3,(H2,17,20)(H2,18,21)/t12-,13?/m1/s1. The Kier molecular flexibility index (Phi) is 4.12. The minimum atomic E-state index is -1.13. The predicted molar refractivity (Wildman–Crippen MR) is 84.1 cm³/mol. The highest BCUT2D eigenvalue weighted by atomic mass is 16.6. The molecule has 1 aromatic heterocycles. The first-order valence-electron chi connectivity index (χ1n) is 7.03. The molecule has 0 aliphatic heterocycles. The summed E-state index contributed by atoms with van der Waals surface area (Å²) in [4.78, 5) is 26.2. The predicted octanol–water partition coefficient (Wildman–Crippen LogP) is 2.25. The van der Waals surface area contributed by atoms with Crippen LogP contribution >= 0.6 is 0 Å². The maximum Gasteiger partial charge on any atom is 0.405 e. The molecule has 5 N–H and O–H groups in total. The van der Waals surface area contributed by atoms with Crippen molar-refractivity contribution in [1.82, 2.24) is 4.98 Å². The number of para-hydroxylation sites is 1. The number of carbonyl (C=O) groups excluding carboxylic acids is 2. The fourth-order valence-electron chi connectivity index (χ4n) is 2.85. The molecule has 118 valence electrons. The smallest absolute Gasteiger partial charge is 0.405 e. The van der Waals surface area contributed by atoms with E-state index in [2.05, 4.69) is 4.98 Å². The highest BCUT2D eigenvalue weighted by Crippen LogP contribution is 2.41. The van der Waals surface area contributed by atoms with Crippen LogP contribution in [-0.4, -0.2) is 23.1 Å². The van der Waals surface area contributed by atoms with Gasteiger partial charge in [0.05, 0.1) is 0 Å². The lowest BCUT2D eigenvalue weighted by molar-refractivity contribution is -0.128. The average molecular weight is 303 g/mol. The van der Waals surface area contributed by atoms with Crippen molar-refractivity contribution in [3.05, 3.63) is 36.0 Å². The zero-order chi connectivity index (χ0) is 16.5. The third-order valence-electron chi connectivity index (χ3n) is 3.72. The number of benzene rings is 1. The molecule has 1 heterocycles. The van der Waals surface area contributed by atoms with Crippen LogP contribution in [0.15, 0.2) is 30.5 Å². The second-order valence-corrected chi connectivity index (χ2v) is 6.39. The van der Waals surface area contributed by atoms with E-state index in [1.54, 1.807) is 0 Å². The lowest BCUT2D eigenvalue weighted by Gasteiger charge is -2.34. The van der Waals surface area contributed by atoms with Crippen LogP contribution in [0.4, 0.5) is 4.79 Å². The molecule has 0 fully saturated rings. The quantitative estimate of drug-likeness (QED) is 0.805. The van der Waals surface area contributed by atoms with Crippen LogP contribution in [0, 0.1) is 5.41 Å². The van der Waals surface area contributed by atoms with Gasteiger partial charge in [-0.25, -0.2) is 4.79 Å². The molecule has 2 amide bonds. The Labute approximate surface area is 128 Å². The van der Waals surface area contributed by atoms with E-state index < -0.39 is 24.0 Å². The largest absolute Gasteiger partial charge is 0.436 e. The minimum Gasteiger partial charge on any atom is -0.436 e. The summed E-state index contributed by atoms with van der Waals surface area (Å²) < 4.78 is 5.02.